The molecule has 3 N–H and O–H groups in total. The molecule has 0 aliphatic heterocycles. The van der Waals surface area contributed by atoms with Gasteiger partial charge in [-0.2, -0.15) is 5.10 Å². The van der Waals surface area contributed by atoms with Crippen LogP contribution in [0.2, 0.25) is 0 Å². The average Bonchev–Trinajstić information content (AvgIpc) is 2.01. The van der Waals surface area contributed by atoms with Crippen molar-refractivity contribution in [3.63, 3.8) is 0 Å². The quantitative estimate of drug-likeness (QED) is 0.264. The van der Waals surface area contributed by atoms with E-state index in [0.29, 0.717) is 6.61 Å². The first-order valence-electron chi connectivity index (χ1n) is 3.80. The standard InChI is InChI=1S/C7H13N3O3/c1-3-13-7(12)4-6(8)10-9-5(2)11/h3-4H2,1-2H3,(H2,8,10)(H,9,11). The van der Waals surface area contributed by atoms with Gasteiger partial charge in [-0.1, -0.05) is 0 Å². The van der Waals surface area contributed by atoms with Gasteiger partial charge in [0.25, 0.3) is 0 Å². The number of hydrazone groups is 1. The second-order valence-corrected chi connectivity index (χ2v) is 2.25. The lowest BCUT2D eigenvalue weighted by atomic mass is 10.4. The zero-order valence-electron chi connectivity index (χ0n) is 7.66. The van der Waals surface area contributed by atoms with Gasteiger partial charge >= 0.3 is 5.97 Å². The lowest BCUT2D eigenvalue weighted by molar-refractivity contribution is -0.141. The summed E-state index contributed by atoms with van der Waals surface area (Å²) in [7, 11) is 0. The van der Waals surface area contributed by atoms with E-state index in [4.69, 9.17) is 5.73 Å². The van der Waals surface area contributed by atoms with Gasteiger partial charge in [-0.3, -0.25) is 9.59 Å². The molecule has 0 aliphatic carbocycles. The number of hydrogen-bond donors (Lipinski definition) is 2. The number of esters is 1. The molecule has 6 heteroatoms. The summed E-state index contributed by atoms with van der Waals surface area (Å²) in [5.41, 5.74) is 7.40. The monoisotopic (exact) mass is 187 g/mol. The Balaban J connectivity index is 3.84. The maximum atomic E-state index is 10.8. The van der Waals surface area contributed by atoms with Crippen LogP contribution in [0, 0.1) is 0 Å². The van der Waals surface area contributed by atoms with Gasteiger partial charge in [0.15, 0.2) is 0 Å². The number of hydrogen-bond acceptors (Lipinski definition) is 4. The molecule has 0 atom stereocenters. The van der Waals surface area contributed by atoms with Crippen LogP contribution in [-0.2, 0) is 14.3 Å². The molecule has 0 saturated heterocycles. The summed E-state index contributed by atoms with van der Waals surface area (Å²) in [5.74, 6) is -0.783. The van der Waals surface area contributed by atoms with Crippen molar-refractivity contribution in [2.24, 2.45) is 10.8 Å². The largest absolute Gasteiger partial charge is 0.466 e. The normalized spacial score (nSPS) is 10.8. The predicted octanol–water partition coefficient (Wildman–Crippen LogP) is -0.652. The summed E-state index contributed by atoms with van der Waals surface area (Å²) in [6.45, 7) is 3.28. The van der Waals surface area contributed by atoms with E-state index in [1.54, 1.807) is 6.92 Å². The van der Waals surface area contributed by atoms with E-state index in [2.05, 4.69) is 15.3 Å². The van der Waals surface area contributed by atoms with Gasteiger partial charge in [0.1, 0.15) is 12.3 Å². The molecule has 0 aromatic carbocycles. The van der Waals surface area contributed by atoms with Crippen LogP contribution in [0.25, 0.3) is 0 Å². The molecule has 0 fully saturated rings. The van der Waals surface area contributed by atoms with Gasteiger partial charge in [-0.25, -0.2) is 5.43 Å². The Labute approximate surface area is 76.1 Å². The van der Waals surface area contributed by atoms with Gasteiger partial charge in [0.2, 0.25) is 5.91 Å². The molecular formula is C7H13N3O3. The highest BCUT2D eigenvalue weighted by atomic mass is 16.5. The zero-order valence-corrected chi connectivity index (χ0v) is 7.66. The number of rotatable bonds is 4. The van der Waals surface area contributed by atoms with Crippen LogP contribution in [-0.4, -0.2) is 24.3 Å². The third-order valence-corrected chi connectivity index (χ3v) is 0.988. The molecule has 0 unspecified atom stereocenters. The minimum absolute atomic E-state index is 0.0219. The van der Waals surface area contributed by atoms with Gasteiger partial charge < -0.3 is 10.5 Å². The molecule has 0 aromatic heterocycles. The highest BCUT2D eigenvalue weighted by Gasteiger charge is 2.04. The Hall–Kier alpha value is -1.59. The van der Waals surface area contributed by atoms with Crippen molar-refractivity contribution in [2.75, 3.05) is 6.61 Å². The van der Waals surface area contributed by atoms with Crippen molar-refractivity contribution in [1.29, 1.82) is 0 Å². The predicted molar refractivity (Wildman–Crippen MR) is 46.7 cm³/mol. The van der Waals surface area contributed by atoms with E-state index >= 15 is 0 Å². The van der Waals surface area contributed by atoms with Crippen LogP contribution in [0.15, 0.2) is 5.10 Å². The van der Waals surface area contributed by atoms with Crippen LogP contribution in [0.1, 0.15) is 20.3 Å². The number of amidine groups is 1. The Morgan fingerprint density at radius 3 is 2.62 bits per heavy atom. The van der Waals surface area contributed by atoms with Crippen molar-refractivity contribution in [2.45, 2.75) is 20.3 Å². The molecule has 0 rings (SSSR count). The smallest absolute Gasteiger partial charge is 0.313 e. The van der Waals surface area contributed by atoms with E-state index in [9.17, 15) is 9.59 Å². The molecule has 0 radical (unpaired) electrons. The van der Waals surface area contributed by atoms with Crippen LogP contribution in [0.5, 0.6) is 0 Å². The maximum Gasteiger partial charge on any atom is 0.313 e. The van der Waals surface area contributed by atoms with Crippen LogP contribution < -0.4 is 11.2 Å². The first-order valence-corrected chi connectivity index (χ1v) is 3.80. The molecule has 13 heavy (non-hydrogen) atoms. The fourth-order valence-electron chi connectivity index (χ4n) is 0.550. The summed E-state index contributed by atoms with van der Waals surface area (Å²) in [4.78, 5) is 21.2. The van der Waals surface area contributed by atoms with Crippen LogP contribution >= 0.6 is 0 Å². The highest BCUT2D eigenvalue weighted by Crippen LogP contribution is 1.85. The summed E-state index contributed by atoms with van der Waals surface area (Å²) in [6.07, 6.45) is -0.117. The molecular weight excluding hydrogens is 174 g/mol. The van der Waals surface area contributed by atoms with Gasteiger partial charge in [0, 0.05) is 6.92 Å². The van der Waals surface area contributed by atoms with Gasteiger partial charge in [-0.05, 0) is 6.92 Å². The minimum Gasteiger partial charge on any atom is -0.466 e. The Bertz CT molecular complexity index is 225. The molecule has 0 saturated carbocycles. The number of nitrogens with zero attached hydrogens (tertiary/aromatic N) is 1. The Morgan fingerprint density at radius 2 is 2.15 bits per heavy atom. The fourth-order valence-corrected chi connectivity index (χ4v) is 0.550. The number of amides is 1. The third-order valence-electron chi connectivity index (χ3n) is 0.988. The molecule has 1 amide bonds. The molecule has 0 aromatic rings. The van der Waals surface area contributed by atoms with Crippen molar-refractivity contribution < 1.29 is 14.3 Å². The van der Waals surface area contributed by atoms with E-state index < -0.39 is 5.97 Å². The second-order valence-electron chi connectivity index (χ2n) is 2.25. The SMILES string of the molecule is CCOC(=O)C/C(N)=N/NC(C)=O. The maximum absolute atomic E-state index is 10.8. The summed E-state index contributed by atoms with van der Waals surface area (Å²) in [5, 5.41) is 3.44. The number of carbonyl (C=O) groups is 2. The first-order chi connectivity index (χ1) is 6.06. The van der Waals surface area contributed by atoms with E-state index in [1.165, 1.54) is 6.92 Å². The molecule has 6 nitrogen and oxygen atoms in total. The van der Waals surface area contributed by atoms with Crippen molar-refractivity contribution in [3.05, 3.63) is 0 Å². The molecule has 0 aliphatic rings. The lowest BCUT2D eigenvalue weighted by Gasteiger charge is -2.00. The topological polar surface area (TPSA) is 93.8 Å². The fraction of sp³-hybridized carbons (Fsp3) is 0.571. The number of ether oxygens (including phenoxy) is 1. The molecule has 0 bridgehead atoms. The van der Waals surface area contributed by atoms with E-state index in [0.717, 1.165) is 0 Å². The lowest BCUT2D eigenvalue weighted by Crippen LogP contribution is -2.24. The van der Waals surface area contributed by atoms with E-state index in [-0.39, 0.29) is 18.2 Å². The van der Waals surface area contributed by atoms with Crippen LogP contribution in [0.3, 0.4) is 0 Å². The van der Waals surface area contributed by atoms with Gasteiger partial charge in [0.05, 0.1) is 6.61 Å². The molecule has 0 heterocycles. The van der Waals surface area contributed by atoms with E-state index in [1.807, 2.05) is 0 Å². The highest BCUT2D eigenvalue weighted by molar-refractivity contribution is 5.97. The third kappa shape index (κ3) is 6.79. The molecule has 0 spiro atoms. The second kappa shape index (κ2) is 5.99. The average molecular weight is 187 g/mol. The minimum atomic E-state index is -0.464. The van der Waals surface area contributed by atoms with Crippen molar-refractivity contribution >= 4 is 17.7 Å². The zero-order chi connectivity index (χ0) is 10.3. The number of nitrogens with two attached hydrogens (primary N) is 1. The molecule has 74 valence electrons. The first kappa shape index (κ1) is 11.4. The van der Waals surface area contributed by atoms with Crippen LogP contribution in [0.4, 0.5) is 0 Å². The summed E-state index contributed by atoms with van der Waals surface area (Å²) in [6, 6.07) is 0. The van der Waals surface area contributed by atoms with Crippen molar-refractivity contribution in [3.8, 4) is 0 Å². The Kier molecular flexibility index (Phi) is 5.25. The summed E-state index contributed by atoms with van der Waals surface area (Å²) < 4.78 is 4.61. The van der Waals surface area contributed by atoms with Gasteiger partial charge in [-0.15, -0.1) is 0 Å². The van der Waals surface area contributed by atoms with Crippen molar-refractivity contribution in [1.82, 2.24) is 5.43 Å². The number of carbonyl (C=O) groups excluding carboxylic acids is 2. The summed E-state index contributed by atoms with van der Waals surface area (Å²) >= 11 is 0. The number of nitrogens with one attached hydrogen (secondary N) is 1. The Morgan fingerprint density at radius 1 is 1.54 bits per heavy atom.